The van der Waals surface area contributed by atoms with E-state index in [1.165, 1.54) is 0 Å². The fourth-order valence-electron chi connectivity index (χ4n) is 4.75. The smallest absolute Gasteiger partial charge is 0.227 e. The number of likely N-dealkylation sites (tertiary alicyclic amines) is 2. The Balaban J connectivity index is 1.49. The minimum Gasteiger partial charge on any atom is -0.375 e. The van der Waals surface area contributed by atoms with Crippen LogP contribution in [-0.2, 0) is 16.0 Å². The second-order valence-corrected chi connectivity index (χ2v) is 8.09. The number of rotatable bonds is 3. The van der Waals surface area contributed by atoms with Crippen LogP contribution in [0.2, 0.25) is 0 Å². The topological polar surface area (TPSA) is 61.5 Å². The minimum atomic E-state index is 0.0214. The molecule has 3 aliphatic rings. The van der Waals surface area contributed by atoms with Crippen molar-refractivity contribution >= 4 is 5.91 Å². The first-order chi connectivity index (χ1) is 12.0. The number of likely N-dealkylation sites (N-methyl/N-ethyl adjacent to an activating group) is 1. The van der Waals surface area contributed by atoms with Gasteiger partial charge in [-0.15, -0.1) is 0 Å². The third kappa shape index (κ3) is 2.99. The lowest BCUT2D eigenvalue weighted by molar-refractivity contribution is -0.177. The van der Waals surface area contributed by atoms with Gasteiger partial charge in [0.25, 0.3) is 0 Å². The maximum Gasteiger partial charge on any atom is 0.227 e. The maximum atomic E-state index is 13.3. The van der Waals surface area contributed by atoms with Crippen LogP contribution in [0, 0.1) is 12.8 Å². The standard InChI is InChI=1S/C19H30N4O2/c1-4-16-20-13(2)17(21-16)14-11-22(3)12-15(14)18(24)23-8-5-19(6-9-23)7-10-25-19/h14-15H,4-12H2,1-3H3,(H,20,21)/t14-,15-/m0/s1. The molecule has 1 aromatic heterocycles. The second kappa shape index (κ2) is 6.40. The third-order valence-electron chi connectivity index (χ3n) is 6.43. The number of hydrogen-bond donors (Lipinski definition) is 1. The average molecular weight is 346 g/mol. The predicted molar refractivity (Wildman–Crippen MR) is 95.5 cm³/mol. The number of amides is 1. The molecule has 25 heavy (non-hydrogen) atoms. The normalized spacial score (nSPS) is 29.2. The van der Waals surface area contributed by atoms with Crippen molar-refractivity contribution in [3.63, 3.8) is 0 Å². The molecule has 0 saturated carbocycles. The van der Waals surface area contributed by atoms with Crippen LogP contribution in [0.4, 0.5) is 0 Å². The van der Waals surface area contributed by atoms with Crippen LogP contribution in [0.5, 0.6) is 0 Å². The molecule has 138 valence electrons. The van der Waals surface area contributed by atoms with Crippen molar-refractivity contribution in [1.82, 2.24) is 19.8 Å². The Hall–Kier alpha value is -1.40. The summed E-state index contributed by atoms with van der Waals surface area (Å²) in [5, 5.41) is 0. The van der Waals surface area contributed by atoms with Gasteiger partial charge >= 0.3 is 0 Å². The summed E-state index contributed by atoms with van der Waals surface area (Å²) >= 11 is 0. The first-order valence-corrected chi connectivity index (χ1v) is 9.68. The summed E-state index contributed by atoms with van der Waals surface area (Å²) in [7, 11) is 2.11. The molecule has 0 aliphatic carbocycles. The fourth-order valence-corrected chi connectivity index (χ4v) is 4.75. The summed E-state index contributed by atoms with van der Waals surface area (Å²) in [6, 6.07) is 0. The van der Waals surface area contributed by atoms with Crippen LogP contribution in [-0.4, -0.2) is 71.1 Å². The number of piperidine rings is 1. The summed E-state index contributed by atoms with van der Waals surface area (Å²) in [6.45, 7) is 8.50. The van der Waals surface area contributed by atoms with E-state index in [1.54, 1.807) is 0 Å². The van der Waals surface area contributed by atoms with E-state index in [1.807, 2.05) is 0 Å². The van der Waals surface area contributed by atoms with E-state index in [9.17, 15) is 4.79 Å². The Morgan fingerprint density at radius 3 is 2.60 bits per heavy atom. The summed E-state index contributed by atoms with van der Waals surface area (Å²) in [5.41, 5.74) is 2.31. The Morgan fingerprint density at radius 1 is 1.32 bits per heavy atom. The number of aryl methyl sites for hydroxylation is 2. The summed E-state index contributed by atoms with van der Waals surface area (Å²) in [4.78, 5) is 25.8. The van der Waals surface area contributed by atoms with Crippen LogP contribution in [0.1, 0.15) is 49.3 Å². The number of carbonyl (C=O) groups is 1. The Kier molecular flexibility index (Phi) is 4.36. The summed E-state index contributed by atoms with van der Waals surface area (Å²) in [5.74, 6) is 1.55. The molecular formula is C19H30N4O2. The van der Waals surface area contributed by atoms with Gasteiger partial charge in [0.05, 0.1) is 23.8 Å². The van der Waals surface area contributed by atoms with Crippen molar-refractivity contribution < 1.29 is 9.53 Å². The number of imidazole rings is 1. The highest BCUT2D eigenvalue weighted by atomic mass is 16.5. The molecule has 0 radical (unpaired) electrons. The van der Waals surface area contributed by atoms with Crippen molar-refractivity contribution in [2.75, 3.05) is 39.8 Å². The molecule has 4 rings (SSSR count). The number of H-pyrrole nitrogens is 1. The van der Waals surface area contributed by atoms with E-state index in [2.05, 4.69) is 35.7 Å². The van der Waals surface area contributed by atoms with Crippen molar-refractivity contribution in [2.24, 2.45) is 5.92 Å². The van der Waals surface area contributed by atoms with Gasteiger partial charge < -0.3 is 19.5 Å². The number of hydrogen-bond acceptors (Lipinski definition) is 4. The highest BCUT2D eigenvalue weighted by molar-refractivity contribution is 5.80. The lowest BCUT2D eigenvalue weighted by Gasteiger charge is -2.48. The Labute approximate surface area is 149 Å². The molecule has 3 saturated heterocycles. The van der Waals surface area contributed by atoms with Gasteiger partial charge in [0, 0.05) is 44.2 Å². The number of nitrogens with zero attached hydrogens (tertiary/aromatic N) is 3. The molecule has 0 aromatic carbocycles. The summed E-state index contributed by atoms with van der Waals surface area (Å²) < 4.78 is 5.79. The summed E-state index contributed by atoms with van der Waals surface area (Å²) in [6.07, 6.45) is 4.05. The molecule has 1 N–H and O–H groups in total. The van der Waals surface area contributed by atoms with E-state index >= 15 is 0 Å². The molecule has 1 aromatic rings. The molecule has 6 nitrogen and oxygen atoms in total. The van der Waals surface area contributed by atoms with E-state index in [0.29, 0.717) is 5.91 Å². The van der Waals surface area contributed by atoms with E-state index in [4.69, 9.17) is 9.72 Å². The zero-order chi connectivity index (χ0) is 17.6. The minimum absolute atomic E-state index is 0.0214. The van der Waals surface area contributed by atoms with Gasteiger partial charge in [0.15, 0.2) is 0 Å². The number of carbonyl (C=O) groups excluding carboxylic acids is 1. The largest absolute Gasteiger partial charge is 0.375 e. The van der Waals surface area contributed by atoms with Crippen LogP contribution >= 0.6 is 0 Å². The molecule has 3 fully saturated rings. The van der Waals surface area contributed by atoms with Gasteiger partial charge in [-0.3, -0.25) is 4.79 Å². The maximum absolute atomic E-state index is 13.3. The highest BCUT2D eigenvalue weighted by Gasteiger charge is 2.45. The van der Waals surface area contributed by atoms with E-state index < -0.39 is 0 Å². The molecule has 3 aliphatic heterocycles. The van der Waals surface area contributed by atoms with Crippen LogP contribution in [0.15, 0.2) is 0 Å². The average Bonchev–Trinajstić information content (AvgIpc) is 3.15. The fraction of sp³-hybridized carbons (Fsp3) is 0.789. The van der Waals surface area contributed by atoms with Gasteiger partial charge in [-0.2, -0.15) is 0 Å². The zero-order valence-corrected chi connectivity index (χ0v) is 15.7. The van der Waals surface area contributed by atoms with Crippen LogP contribution in [0.25, 0.3) is 0 Å². The molecular weight excluding hydrogens is 316 g/mol. The van der Waals surface area contributed by atoms with Gasteiger partial charge in [-0.1, -0.05) is 6.92 Å². The predicted octanol–water partition coefficient (Wildman–Crippen LogP) is 1.71. The van der Waals surface area contributed by atoms with Crippen molar-refractivity contribution in [3.05, 3.63) is 17.2 Å². The Bertz CT molecular complexity index is 642. The van der Waals surface area contributed by atoms with Crippen molar-refractivity contribution in [3.8, 4) is 0 Å². The first kappa shape index (κ1) is 17.0. The second-order valence-electron chi connectivity index (χ2n) is 8.09. The van der Waals surface area contributed by atoms with Gasteiger partial charge in [0.2, 0.25) is 5.91 Å². The van der Waals surface area contributed by atoms with Crippen molar-refractivity contribution in [2.45, 2.75) is 51.0 Å². The van der Waals surface area contributed by atoms with Crippen molar-refractivity contribution in [1.29, 1.82) is 0 Å². The van der Waals surface area contributed by atoms with E-state index in [0.717, 1.165) is 75.7 Å². The zero-order valence-electron chi connectivity index (χ0n) is 15.7. The molecule has 0 unspecified atom stereocenters. The van der Waals surface area contributed by atoms with E-state index in [-0.39, 0.29) is 17.4 Å². The van der Waals surface area contributed by atoms with Crippen LogP contribution in [0.3, 0.4) is 0 Å². The molecule has 1 amide bonds. The highest BCUT2D eigenvalue weighted by Crippen LogP contribution is 2.39. The first-order valence-electron chi connectivity index (χ1n) is 9.68. The lowest BCUT2D eigenvalue weighted by atomic mass is 9.83. The van der Waals surface area contributed by atoms with Gasteiger partial charge in [-0.05, 0) is 33.2 Å². The lowest BCUT2D eigenvalue weighted by Crippen LogP contribution is -2.54. The monoisotopic (exact) mass is 346 g/mol. The number of aromatic nitrogens is 2. The van der Waals surface area contributed by atoms with Gasteiger partial charge in [0.1, 0.15) is 5.82 Å². The molecule has 4 heterocycles. The number of ether oxygens (including phenoxy) is 1. The number of nitrogens with one attached hydrogen (secondary N) is 1. The Morgan fingerprint density at radius 2 is 2.04 bits per heavy atom. The molecule has 6 heteroatoms. The third-order valence-corrected chi connectivity index (χ3v) is 6.43. The van der Waals surface area contributed by atoms with Gasteiger partial charge in [-0.25, -0.2) is 4.98 Å². The molecule has 2 atom stereocenters. The SMILES string of the molecule is CCc1nc([C@H]2CN(C)C[C@@H]2C(=O)N2CCC3(CCO3)CC2)c(C)[nH]1. The molecule has 1 spiro atoms. The van der Waals surface area contributed by atoms with Crippen LogP contribution < -0.4 is 0 Å². The number of aromatic amines is 1. The molecule has 0 bridgehead atoms. The quantitative estimate of drug-likeness (QED) is 0.905.